The molecule has 24 heavy (non-hydrogen) atoms. The van der Waals surface area contributed by atoms with E-state index in [-0.39, 0.29) is 0 Å². The van der Waals surface area contributed by atoms with Crippen LogP contribution >= 0.6 is 12.2 Å². The molecule has 1 aromatic rings. The van der Waals surface area contributed by atoms with Crippen LogP contribution in [-0.4, -0.2) is 37.0 Å². The van der Waals surface area contributed by atoms with Crippen LogP contribution in [0, 0.1) is 0 Å². The summed E-state index contributed by atoms with van der Waals surface area (Å²) in [5.41, 5.74) is 0.793. The summed E-state index contributed by atoms with van der Waals surface area (Å²) < 4.78 is 26.4. The van der Waals surface area contributed by atoms with Crippen molar-refractivity contribution in [3.05, 3.63) is 24.3 Å². The largest absolute Gasteiger partial charge is 0.360 e. The van der Waals surface area contributed by atoms with E-state index in [1.807, 2.05) is 13.8 Å². The molecule has 0 aromatic heterocycles. The molecule has 1 fully saturated rings. The molecule has 0 bridgehead atoms. The molecule has 2 N–H and O–H groups in total. The standard InChI is InChI=1S/C17H27N3O2S2/c1-3-20(4-2)24(21,22)16-12-10-15(11-13-16)19-17(23)18-14-8-6-5-7-9-14/h10-14H,3-9H2,1-2H3,(H2,18,19,23). The summed E-state index contributed by atoms with van der Waals surface area (Å²) in [7, 11) is -3.41. The zero-order valence-electron chi connectivity index (χ0n) is 14.4. The van der Waals surface area contributed by atoms with Gasteiger partial charge in [-0.05, 0) is 49.3 Å². The van der Waals surface area contributed by atoms with Crippen LogP contribution < -0.4 is 10.6 Å². The van der Waals surface area contributed by atoms with Crippen molar-refractivity contribution in [2.45, 2.75) is 56.9 Å². The smallest absolute Gasteiger partial charge is 0.243 e. The Bertz CT molecular complexity index is 634. The topological polar surface area (TPSA) is 61.4 Å². The van der Waals surface area contributed by atoms with Crippen LogP contribution in [0.2, 0.25) is 0 Å². The Hall–Kier alpha value is -1.18. The minimum absolute atomic E-state index is 0.308. The number of nitrogens with one attached hydrogen (secondary N) is 2. The molecule has 134 valence electrons. The third kappa shape index (κ3) is 4.91. The number of benzene rings is 1. The van der Waals surface area contributed by atoms with Gasteiger partial charge < -0.3 is 10.6 Å². The molecule has 0 radical (unpaired) electrons. The number of anilines is 1. The molecule has 0 saturated heterocycles. The molecule has 0 spiro atoms. The molecule has 0 heterocycles. The summed E-state index contributed by atoms with van der Waals surface area (Å²) in [6, 6.07) is 7.20. The summed E-state index contributed by atoms with van der Waals surface area (Å²) in [5.74, 6) is 0. The lowest BCUT2D eigenvalue weighted by Crippen LogP contribution is -2.38. The summed E-state index contributed by atoms with van der Waals surface area (Å²) in [6.07, 6.45) is 6.11. The van der Waals surface area contributed by atoms with Gasteiger partial charge in [-0.15, -0.1) is 0 Å². The summed E-state index contributed by atoms with van der Waals surface area (Å²) in [4.78, 5) is 0.308. The molecule has 5 nitrogen and oxygen atoms in total. The average molecular weight is 370 g/mol. The normalized spacial score (nSPS) is 16.1. The van der Waals surface area contributed by atoms with E-state index in [1.54, 1.807) is 24.3 Å². The van der Waals surface area contributed by atoms with Crippen LogP contribution in [0.25, 0.3) is 0 Å². The highest BCUT2D eigenvalue weighted by atomic mass is 32.2. The Morgan fingerprint density at radius 2 is 1.71 bits per heavy atom. The molecule has 1 aromatic carbocycles. The Kier molecular flexibility index (Phi) is 7.01. The Balaban J connectivity index is 1.97. The van der Waals surface area contributed by atoms with E-state index in [4.69, 9.17) is 12.2 Å². The molecule has 0 amide bonds. The van der Waals surface area contributed by atoms with E-state index in [2.05, 4.69) is 10.6 Å². The van der Waals surface area contributed by atoms with Crippen molar-refractivity contribution in [2.75, 3.05) is 18.4 Å². The minimum Gasteiger partial charge on any atom is -0.360 e. The Morgan fingerprint density at radius 1 is 1.12 bits per heavy atom. The van der Waals surface area contributed by atoms with E-state index in [9.17, 15) is 8.42 Å². The fraction of sp³-hybridized carbons (Fsp3) is 0.588. The molecule has 1 aliphatic rings. The molecule has 1 aliphatic carbocycles. The predicted molar refractivity (Wildman–Crippen MR) is 103 cm³/mol. The van der Waals surface area contributed by atoms with Crippen molar-refractivity contribution in [3.63, 3.8) is 0 Å². The van der Waals surface area contributed by atoms with E-state index in [1.165, 1.54) is 23.6 Å². The summed E-state index contributed by atoms with van der Waals surface area (Å²) in [6.45, 7) is 4.61. The third-order valence-corrected chi connectivity index (χ3v) is 6.68. The minimum atomic E-state index is -3.41. The lowest BCUT2D eigenvalue weighted by Gasteiger charge is -2.24. The first kappa shape index (κ1) is 19.1. The van der Waals surface area contributed by atoms with Gasteiger partial charge in [-0.1, -0.05) is 33.1 Å². The summed E-state index contributed by atoms with van der Waals surface area (Å²) in [5, 5.41) is 7.08. The second-order valence-corrected chi connectivity index (χ2v) is 8.39. The van der Waals surface area contributed by atoms with Gasteiger partial charge in [-0.25, -0.2) is 8.42 Å². The molecule has 0 aliphatic heterocycles. The molecular weight excluding hydrogens is 342 g/mol. The maximum atomic E-state index is 12.5. The number of sulfonamides is 1. The zero-order valence-corrected chi connectivity index (χ0v) is 16.0. The van der Waals surface area contributed by atoms with Gasteiger partial charge in [0.15, 0.2) is 5.11 Å². The monoisotopic (exact) mass is 369 g/mol. The van der Waals surface area contributed by atoms with Crippen molar-refractivity contribution in [1.29, 1.82) is 0 Å². The molecule has 2 rings (SSSR count). The van der Waals surface area contributed by atoms with Crippen molar-refractivity contribution >= 4 is 33.0 Å². The van der Waals surface area contributed by atoms with Gasteiger partial charge in [-0.3, -0.25) is 0 Å². The van der Waals surface area contributed by atoms with Crippen LogP contribution in [0.1, 0.15) is 46.0 Å². The first-order chi connectivity index (χ1) is 11.5. The van der Waals surface area contributed by atoms with Gasteiger partial charge in [0.25, 0.3) is 0 Å². The fourth-order valence-corrected chi connectivity index (χ4v) is 4.76. The van der Waals surface area contributed by atoms with E-state index in [0.717, 1.165) is 18.5 Å². The van der Waals surface area contributed by atoms with E-state index >= 15 is 0 Å². The highest BCUT2D eigenvalue weighted by Crippen LogP contribution is 2.19. The van der Waals surface area contributed by atoms with Crippen molar-refractivity contribution in [1.82, 2.24) is 9.62 Å². The SMILES string of the molecule is CCN(CC)S(=O)(=O)c1ccc(NC(=S)NC2CCCCC2)cc1. The van der Waals surface area contributed by atoms with Gasteiger partial charge in [0.2, 0.25) is 10.0 Å². The van der Waals surface area contributed by atoms with Gasteiger partial charge in [-0.2, -0.15) is 4.31 Å². The molecule has 1 saturated carbocycles. The average Bonchev–Trinajstić information content (AvgIpc) is 2.57. The number of hydrogen-bond donors (Lipinski definition) is 2. The highest BCUT2D eigenvalue weighted by Gasteiger charge is 2.21. The van der Waals surface area contributed by atoms with Crippen molar-refractivity contribution in [3.8, 4) is 0 Å². The number of nitrogens with zero attached hydrogens (tertiary/aromatic N) is 1. The lowest BCUT2D eigenvalue weighted by molar-refractivity contribution is 0.415. The second kappa shape index (κ2) is 8.78. The maximum Gasteiger partial charge on any atom is 0.243 e. The van der Waals surface area contributed by atoms with E-state index in [0.29, 0.717) is 29.1 Å². The van der Waals surface area contributed by atoms with Crippen LogP contribution in [-0.2, 0) is 10.0 Å². The number of thiocarbonyl (C=S) groups is 1. The molecular formula is C17H27N3O2S2. The maximum absolute atomic E-state index is 12.5. The second-order valence-electron chi connectivity index (χ2n) is 6.05. The van der Waals surface area contributed by atoms with Gasteiger partial charge >= 0.3 is 0 Å². The van der Waals surface area contributed by atoms with Crippen LogP contribution in [0.4, 0.5) is 5.69 Å². The first-order valence-electron chi connectivity index (χ1n) is 8.65. The zero-order chi connectivity index (χ0) is 17.6. The summed E-state index contributed by atoms with van der Waals surface area (Å²) >= 11 is 5.35. The van der Waals surface area contributed by atoms with Crippen LogP contribution in [0.15, 0.2) is 29.2 Å². The van der Waals surface area contributed by atoms with Gasteiger partial charge in [0.1, 0.15) is 0 Å². The predicted octanol–water partition coefficient (Wildman–Crippen LogP) is 3.34. The van der Waals surface area contributed by atoms with Crippen molar-refractivity contribution in [2.24, 2.45) is 0 Å². The van der Waals surface area contributed by atoms with Gasteiger partial charge in [0.05, 0.1) is 4.90 Å². The Morgan fingerprint density at radius 3 is 2.25 bits per heavy atom. The third-order valence-electron chi connectivity index (χ3n) is 4.40. The van der Waals surface area contributed by atoms with Crippen molar-refractivity contribution < 1.29 is 8.42 Å². The highest BCUT2D eigenvalue weighted by molar-refractivity contribution is 7.89. The first-order valence-corrected chi connectivity index (χ1v) is 10.5. The molecule has 0 atom stereocenters. The quantitative estimate of drug-likeness (QED) is 0.753. The van der Waals surface area contributed by atoms with Gasteiger partial charge in [0, 0.05) is 24.8 Å². The van der Waals surface area contributed by atoms with E-state index < -0.39 is 10.0 Å². The lowest BCUT2D eigenvalue weighted by atomic mass is 9.96. The van der Waals surface area contributed by atoms with Crippen LogP contribution in [0.5, 0.6) is 0 Å². The molecule has 7 heteroatoms. The Labute approximate surface area is 150 Å². The molecule has 0 unspecified atom stereocenters. The van der Waals surface area contributed by atoms with Crippen LogP contribution in [0.3, 0.4) is 0 Å². The number of rotatable bonds is 6. The fourth-order valence-electron chi connectivity index (χ4n) is 3.02. The number of hydrogen-bond acceptors (Lipinski definition) is 3.